The van der Waals surface area contributed by atoms with Gasteiger partial charge in [0.1, 0.15) is 5.82 Å². The number of hydrogen-bond acceptors (Lipinski definition) is 2. The quantitative estimate of drug-likeness (QED) is 0.667. The van der Waals surface area contributed by atoms with Crippen molar-refractivity contribution in [3.8, 4) is 0 Å². The number of aryl methyl sites for hydroxylation is 1. The summed E-state index contributed by atoms with van der Waals surface area (Å²) in [6, 6.07) is 0. The number of unbranched alkanes of at least 4 members (excludes halogenated alkanes) is 3. The van der Waals surface area contributed by atoms with Crippen molar-refractivity contribution in [2.45, 2.75) is 52.6 Å². The van der Waals surface area contributed by atoms with E-state index in [2.05, 4.69) is 34.9 Å². The lowest BCUT2D eigenvalue weighted by Gasteiger charge is -2.07. The molecule has 0 radical (unpaired) electrons. The van der Waals surface area contributed by atoms with E-state index in [0.717, 1.165) is 25.5 Å². The zero-order valence-corrected chi connectivity index (χ0v) is 10.00. The van der Waals surface area contributed by atoms with Crippen molar-refractivity contribution in [2.75, 3.05) is 6.54 Å². The lowest BCUT2D eigenvalue weighted by Crippen LogP contribution is -2.16. The van der Waals surface area contributed by atoms with Gasteiger partial charge in [0.25, 0.3) is 0 Å². The molecule has 1 N–H and O–H groups in total. The zero-order valence-electron chi connectivity index (χ0n) is 10.00. The highest BCUT2D eigenvalue weighted by Crippen LogP contribution is 2.04. The van der Waals surface area contributed by atoms with Crippen LogP contribution in [0.25, 0.3) is 0 Å². The summed E-state index contributed by atoms with van der Waals surface area (Å²) in [4.78, 5) is 4.35. The van der Waals surface area contributed by atoms with Crippen LogP contribution in [-0.2, 0) is 13.1 Å². The fourth-order valence-electron chi connectivity index (χ4n) is 1.66. The van der Waals surface area contributed by atoms with E-state index in [9.17, 15) is 0 Å². The average molecular weight is 209 g/mol. The van der Waals surface area contributed by atoms with Gasteiger partial charge in [-0.05, 0) is 13.0 Å². The molecule has 1 aromatic rings. The van der Waals surface area contributed by atoms with E-state index in [-0.39, 0.29) is 0 Å². The standard InChI is InChI=1S/C12H23N3/c1-3-5-6-7-9-15-10-8-14-12(15)11-13-4-2/h8,10,13H,3-7,9,11H2,1-2H3. The second-order valence-electron chi connectivity index (χ2n) is 3.88. The smallest absolute Gasteiger partial charge is 0.122 e. The minimum absolute atomic E-state index is 0.886. The molecule has 0 aliphatic heterocycles. The number of nitrogens with one attached hydrogen (secondary N) is 1. The summed E-state index contributed by atoms with van der Waals surface area (Å²) in [7, 11) is 0. The summed E-state index contributed by atoms with van der Waals surface area (Å²) in [5.41, 5.74) is 0. The lowest BCUT2D eigenvalue weighted by molar-refractivity contribution is 0.550. The Morgan fingerprint density at radius 3 is 2.87 bits per heavy atom. The van der Waals surface area contributed by atoms with E-state index in [1.165, 1.54) is 25.7 Å². The molecule has 3 heteroatoms. The van der Waals surface area contributed by atoms with Crippen LogP contribution in [0.4, 0.5) is 0 Å². The van der Waals surface area contributed by atoms with Crippen LogP contribution in [0, 0.1) is 0 Å². The summed E-state index contributed by atoms with van der Waals surface area (Å²) in [6.45, 7) is 7.36. The van der Waals surface area contributed by atoms with Crippen molar-refractivity contribution in [3.63, 3.8) is 0 Å². The fourth-order valence-corrected chi connectivity index (χ4v) is 1.66. The molecular weight excluding hydrogens is 186 g/mol. The fraction of sp³-hybridized carbons (Fsp3) is 0.750. The minimum atomic E-state index is 0.886. The lowest BCUT2D eigenvalue weighted by atomic mass is 10.2. The SMILES string of the molecule is CCCCCCn1ccnc1CNCC. The molecule has 86 valence electrons. The third kappa shape index (κ3) is 4.47. The third-order valence-electron chi connectivity index (χ3n) is 2.59. The maximum absolute atomic E-state index is 4.35. The summed E-state index contributed by atoms with van der Waals surface area (Å²) in [5.74, 6) is 1.16. The monoisotopic (exact) mass is 209 g/mol. The highest BCUT2D eigenvalue weighted by Gasteiger charge is 2.00. The topological polar surface area (TPSA) is 29.9 Å². The van der Waals surface area contributed by atoms with E-state index < -0.39 is 0 Å². The van der Waals surface area contributed by atoms with Crippen LogP contribution in [0.5, 0.6) is 0 Å². The molecule has 0 saturated heterocycles. The van der Waals surface area contributed by atoms with Crippen molar-refractivity contribution in [1.82, 2.24) is 14.9 Å². The van der Waals surface area contributed by atoms with Crippen LogP contribution in [0.15, 0.2) is 12.4 Å². The molecule has 1 rings (SSSR count). The summed E-state index contributed by atoms with van der Waals surface area (Å²) in [5, 5.41) is 3.31. The first-order chi connectivity index (χ1) is 7.38. The predicted octanol–water partition coefficient (Wildman–Crippen LogP) is 2.57. The van der Waals surface area contributed by atoms with E-state index >= 15 is 0 Å². The second kappa shape index (κ2) is 7.46. The highest BCUT2D eigenvalue weighted by molar-refractivity contribution is 4.91. The number of rotatable bonds is 8. The van der Waals surface area contributed by atoms with Gasteiger partial charge in [0, 0.05) is 18.9 Å². The molecule has 0 bridgehead atoms. The Kier molecular flexibility index (Phi) is 6.09. The number of aromatic nitrogens is 2. The number of hydrogen-bond donors (Lipinski definition) is 1. The molecule has 15 heavy (non-hydrogen) atoms. The van der Waals surface area contributed by atoms with Gasteiger partial charge >= 0.3 is 0 Å². The number of imidazole rings is 1. The van der Waals surface area contributed by atoms with Crippen LogP contribution in [0.3, 0.4) is 0 Å². The zero-order chi connectivity index (χ0) is 10.9. The van der Waals surface area contributed by atoms with Crippen molar-refractivity contribution in [3.05, 3.63) is 18.2 Å². The normalized spacial score (nSPS) is 10.8. The van der Waals surface area contributed by atoms with Crippen LogP contribution < -0.4 is 5.32 Å². The maximum Gasteiger partial charge on any atom is 0.122 e. The van der Waals surface area contributed by atoms with Gasteiger partial charge in [0.05, 0.1) is 6.54 Å². The first kappa shape index (κ1) is 12.2. The summed E-state index contributed by atoms with van der Waals surface area (Å²) < 4.78 is 2.26. The molecular formula is C12H23N3. The summed E-state index contributed by atoms with van der Waals surface area (Å²) >= 11 is 0. The average Bonchev–Trinajstić information content (AvgIpc) is 2.69. The molecule has 1 aromatic heterocycles. The molecule has 0 saturated carbocycles. The van der Waals surface area contributed by atoms with Crippen molar-refractivity contribution in [1.29, 1.82) is 0 Å². The van der Waals surface area contributed by atoms with Gasteiger partial charge in [0.2, 0.25) is 0 Å². The van der Waals surface area contributed by atoms with Crippen LogP contribution in [-0.4, -0.2) is 16.1 Å². The summed E-state index contributed by atoms with van der Waals surface area (Å²) in [6.07, 6.45) is 9.22. The Morgan fingerprint density at radius 1 is 1.27 bits per heavy atom. The van der Waals surface area contributed by atoms with Gasteiger partial charge in [-0.15, -0.1) is 0 Å². The molecule has 0 aliphatic rings. The Hall–Kier alpha value is -0.830. The Labute approximate surface area is 92.9 Å². The minimum Gasteiger partial charge on any atom is -0.334 e. The van der Waals surface area contributed by atoms with Gasteiger partial charge in [-0.1, -0.05) is 33.1 Å². The number of nitrogens with zero attached hydrogens (tertiary/aromatic N) is 2. The molecule has 0 aliphatic carbocycles. The van der Waals surface area contributed by atoms with Crippen LogP contribution >= 0.6 is 0 Å². The van der Waals surface area contributed by atoms with Gasteiger partial charge < -0.3 is 9.88 Å². The predicted molar refractivity (Wildman–Crippen MR) is 63.7 cm³/mol. The molecule has 0 unspecified atom stereocenters. The Balaban J connectivity index is 2.29. The van der Waals surface area contributed by atoms with Crippen LogP contribution in [0.1, 0.15) is 45.4 Å². The maximum atomic E-state index is 4.35. The largest absolute Gasteiger partial charge is 0.334 e. The highest BCUT2D eigenvalue weighted by atomic mass is 15.1. The Morgan fingerprint density at radius 2 is 2.13 bits per heavy atom. The molecule has 0 spiro atoms. The molecule has 3 nitrogen and oxygen atoms in total. The first-order valence-electron chi connectivity index (χ1n) is 6.09. The van der Waals surface area contributed by atoms with Gasteiger partial charge in [0.15, 0.2) is 0 Å². The van der Waals surface area contributed by atoms with Crippen LogP contribution in [0.2, 0.25) is 0 Å². The third-order valence-corrected chi connectivity index (χ3v) is 2.59. The van der Waals surface area contributed by atoms with Gasteiger partial charge in [-0.2, -0.15) is 0 Å². The molecule has 0 fully saturated rings. The van der Waals surface area contributed by atoms with E-state index in [4.69, 9.17) is 0 Å². The second-order valence-corrected chi connectivity index (χ2v) is 3.88. The van der Waals surface area contributed by atoms with E-state index in [1.54, 1.807) is 0 Å². The first-order valence-corrected chi connectivity index (χ1v) is 6.09. The molecule has 0 amide bonds. The van der Waals surface area contributed by atoms with Gasteiger partial charge in [-0.25, -0.2) is 4.98 Å². The Bertz CT molecular complexity index is 255. The van der Waals surface area contributed by atoms with Crippen molar-refractivity contribution in [2.24, 2.45) is 0 Å². The van der Waals surface area contributed by atoms with Crippen molar-refractivity contribution >= 4 is 0 Å². The molecule has 0 atom stereocenters. The van der Waals surface area contributed by atoms with E-state index in [0.29, 0.717) is 0 Å². The molecule has 0 aromatic carbocycles. The molecule has 1 heterocycles. The van der Waals surface area contributed by atoms with E-state index in [1.807, 2.05) is 6.20 Å². The van der Waals surface area contributed by atoms with Gasteiger partial charge in [-0.3, -0.25) is 0 Å². The van der Waals surface area contributed by atoms with Crippen molar-refractivity contribution < 1.29 is 0 Å².